The summed E-state index contributed by atoms with van der Waals surface area (Å²) in [5, 5.41) is 0. The van der Waals surface area contributed by atoms with E-state index in [9.17, 15) is 9.36 Å². The number of rotatable bonds is 3. The summed E-state index contributed by atoms with van der Waals surface area (Å²) in [5.41, 5.74) is -0.759. The number of carbonyl (C=O) groups is 1. The second-order valence-corrected chi connectivity index (χ2v) is 2.60. The van der Waals surface area contributed by atoms with E-state index in [1.165, 1.54) is 7.11 Å². The van der Waals surface area contributed by atoms with Gasteiger partial charge in [0.1, 0.15) is 0 Å². The van der Waals surface area contributed by atoms with Crippen LogP contribution in [-0.4, -0.2) is 19.4 Å². The lowest BCUT2D eigenvalue weighted by Crippen LogP contribution is -1.95. The molecule has 0 saturated heterocycles. The number of carbonyl (C=O) groups excluding carboxylic acids is 1. The molecule has 1 unspecified atom stereocenters. The lowest BCUT2D eigenvalue weighted by atomic mass is 10.9. The first-order valence-electron chi connectivity index (χ1n) is 2.47. The Hall–Kier alpha value is -0.340. The van der Waals surface area contributed by atoms with Gasteiger partial charge in [-0.05, 0) is 6.92 Å². The molecule has 0 saturated carbocycles. The highest BCUT2D eigenvalue weighted by Crippen LogP contribution is 2.22. The summed E-state index contributed by atoms with van der Waals surface area (Å²) in [4.78, 5) is 10.4. The minimum absolute atomic E-state index is 0.235. The van der Waals surface area contributed by atoms with Crippen LogP contribution in [0.2, 0.25) is 0 Å². The van der Waals surface area contributed by atoms with Crippen molar-refractivity contribution < 1.29 is 18.6 Å². The summed E-state index contributed by atoms with van der Waals surface area (Å²) in [6.07, 6.45) is 0. The molecule has 0 aromatic rings. The van der Waals surface area contributed by atoms with Crippen molar-refractivity contribution in [1.82, 2.24) is 0 Å². The van der Waals surface area contributed by atoms with Crippen LogP contribution >= 0.6 is 8.03 Å². The van der Waals surface area contributed by atoms with E-state index in [4.69, 9.17) is 0 Å². The van der Waals surface area contributed by atoms with Gasteiger partial charge in [0, 0.05) is 7.11 Å². The van der Waals surface area contributed by atoms with Crippen molar-refractivity contribution in [2.75, 3.05) is 13.7 Å². The quantitative estimate of drug-likeness (QED) is 0.571. The van der Waals surface area contributed by atoms with Crippen molar-refractivity contribution in [3.05, 3.63) is 0 Å². The molecule has 5 heteroatoms. The first-order chi connectivity index (χ1) is 4.22. The fourth-order valence-electron chi connectivity index (χ4n) is 0.273. The molecule has 54 valence electrons. The van der Waals surface area contributed by atoms with Crippen LogP contribution in [-0.2, 0) is 13.8 Å². The van der Waals surface area contributed by atoms with Gasteiger partial charge in [-0.15, -0.1) is 0 Å². The van der Waals surface area contributed by atoms with E-state index in [2.05, 4.69) is 9.26 Å². The second-order valence-electron chi connectivity index (χ2n) is 1.21. The molecule has 0 amide bonds. The topological polar surface area (TPSA) is 52.6 Å². The molecule has 0 aromatic carbocycles. The molecule has 0 fully saturated rings. The van der Waals surface area contributed by atoms with Crippen molar-refractivity contribution in [3.8, 4) is 0 Å². The molecule has 0 radical (unpaired) electrons. The van der Waals surface area contributed by atoms with Crippen molar-refractivity contribution in [1.29, 1.82) is 0 Å². The predicted molar refractivity (Wildman–Crippen MR) is 33.0 cm³/mol. The summed E-state index contributed by atoms with van der Waals surface area (Å²) in [7, 11) is -1.37. The molecule has 0 N–H and O–H groups in total. The van der Waals surface area contributed by atoms with Crippen molar-refractivity contribution in [2.24, 2.45) is 0 Å². The van der Waals surface area contributed by atoms with Crippen LogP contribution in [0.4, 0.5) is 4.79 Å². The third kappa shape index (κ3) is 3.27. The highest BCUT2D eigenvalue weighted by Gasteiger charge is 2.09. The average Bonchev–Trinajstić information content (AvgIpc) is 1.87. The zero-order valence-electron chi connectivity index (χ0n) is 5.34. The van der Waals surface area contributed by atoms with Gasteiger partial charge in [-0.2, -0.15) is 0 Å². The van der Waals surface area contributed by atoms with Gasteiger partial charge >= 0.3 is 5.71 Å². The average molecular weight is 152 g/mol. The van der Waals surface area contributed by atoms with E-state index in [1.807, 2.05) is 0 Å². The fourth-order valence-corrected chi connectivity index (χ4v) is 0.702. The van der Waals surface area contributed by atoms with Crippen LogP contribution in [0.1, 0.15) is 6.92 Å². The Kier molecular flexibility index (Phi) is 4.36. The number of hydrogen-bond donors (Lipinski definition) is 0. The van der Waals surface area contributed by atoms with E-state index in [0.29, 0.717) is 0 Å². The van der Waals surface area contributed by atoms with Crippen molar-refractivity contribution >= 4 is 13.7 Å². The van der Waals surface area contributed by atoms with Gasteiger partial charge in [0.15, 0.2) is 0 Å². The molecule has 0 aromatic heterocycles. The van der Waals surface area contributed by atoms with Gasteiger partial charge in [-0.25, -0.2) is 4.79 Å². The van der Waals surface area contributed by atoms with Crippen LogP contribution in [0, 0.1) is 0 Å². The Balaban J connectivity index is 3.60. The molecule has 0 spiro atoms. The molecule has 4 nitrogen and oxygen atoms in total. The first-order valence-corrected chi connectivity index (χ1v) is 3.79. The SMILES string of the molecule is CCOC(=O)[PH](=O)OC. The van der Waals surface area contributed by atoms with Crippen LogP contribution in [0.5, 0.6) is 0 Å². The van der Waals surface area contributed by atoms with Crippen LogP contribution in [0.15, 0.2) is 0 Å². The van der Waals surface area contributed by atoms with E-state index >= 15 is 0 Å². The second kappa shape index (κ2) is 4.53. The van der Waals surface area contributed by atoms with Gasteiger partial charge < -0.3 is 9.26 Å². The molecule has 0 aliphatic carbocycles. The summed E-state index contributed by atoms with van der Waals surface area (Å²) in [6.45, 7) is 1.88. The minimum atomic E-state index is -2.58. The lowest BCUT2D eigenvalue weighted by Gasteiger charge is -1.97. The Morgan fingerprint density at radius 2 is 2.22 bits per heavy atom. The molecule has 0 aliphatic heterocycles. The molecule has 9 heavy (non-hydrogen) atoms. The molecule has 0 aliphatic rings. The van der Waals surface area contributed by atoms with E-state index in [1.54, 1.807) is 6.92 Å². The molecular formula is C4H9O4P. The van der Waals surface area contributed by atoms with E-state index < -0.39 is 13.7 Å². The largest absolute Gasteiger partial charge is 0.459 e. The maximum absolute atomic E-state index is 10.4. The van der Waals surface area contributed by atoms with Crippen LogP contribution in [0.3, 0.4) is 0 Å². The molecule has 0 rings (SSSR count). The van der Waals surface area contributed by atoms with Crippen LogP contribution in [0.25, 0.3) is 0 Å². The molecule has 1 atom stereocenters. The Labute approximate surface area is 54.0 Å². The molecular weight excluding hydrogens is 143 g/mol. The summed E-state index contributed by atoms with van der Waals surface area (Å²) < 4.78 is 19.0. The smallest absolute Gasteiger partial charge is 0.388 e. The van der Waals surface area contributed by atoms with Gasteiger partial charge in [0.05, 0.1) is 6.61 Å². The highest BCUT2D eigenvalue weighted by atomic mass is 31.1. The minimum Gasteiger partial charge on any atom is -0.459 e. The third-order valence-electron chi connectivity index (χ3n) is 0.627. The Morgan fingerprint density at radius 3 is 2.56 bits per heavy atom. The molecule has 0 bridgehead atoms. The van der Waals surface area contributed by atoms with Crippen molar-refractivity contribution in [2.45, 2.75) is 6.92 Å². The zero-order valence-corrected chi connectivity index (χ0v) is 6.34. The summed E-state index contributed by atoms with van der Waals surface area (Å²) >= 11 is 0. The Morgan fingerprint density at radius 1 is 1.67 bits per heavy atom. The van der Waals surface area contributed by atoms with Gasteiger partial charge in [0.2, 0.25) is 0 Å². The Bertz CT molecular complexity index is 122. The van der Waals surface area contributed by atoms with E-state index in [0.717, 1.165) is 0 Å². The lowest BCUT2D eigenvalue weighted by molar-refractivity contribution is 0.175. The predicted octanol–water partition coefficient (Wildman–Crippen LogP) is 1.26. The summed E-state index contributed by atoms with van der Waals surface area (Å²) in [6, 6.07) is 0. The maximum atomic E-state index is 10.4. The van der Waals surface area contributed by atoms with Crippen LogP contribution < -0.4 is 0 Å². The van der Waals surface area contributed by atoms with E-state index in [-0.39, 0.29) is 6.61 Å². The first kappa shape index (κ1) is 8.66. The standard InChI is InChI=1S/C4H9O4P/c1-3-8-4(5)9(6)7-2/h9H,3H2,1-2H3. The summed E-state index contributed by atoms with van der Waals surface area (Å²) in [5.74, 6) is 0. The fraction of sp³-hybridized carbons (Fsp3) is 0.750. The third-order valence-corrected chi connectivity index (χ3v) is 1.48. The van der Waals surface area contributed by atoms with Gasteiger partial charge in [-0.1, -0.05) is 0 Å². The maximum Gasteiger partial charge on any atom is 0.388 e. The number of ether oxygens (including phenoxy) is 1. The monoisotopic (exact) mass is 152 g/mol. The van der Waals surface area contributed by atoms with Crippen molar-refractivity contribution in [3.63, 3.8) is 0 Å². The number of hydrogen-bond acceptors (Lipinski definition) is 4. The highest BCUT2D eigenvalue weighted by molar-refractivity contribution is 7.58. The zero-order chi connectivity index (χ0) is 7.28. The normalized spacial score (nSPS) is 12.7. The van der Waals surface area contributed by atoms with Gasteiger partial charge in [0.25, 0.3) is 8.03 Å². The van der Waals surface area contributed by atoms with Gasteiger partial charge in [-0.3, -0.25) is 4.57 Å². The molecule has 0 heterocycles.